The standard InChI is InChI=1S/C29H31N5O.C20H25N3O2.C10H10N2.C2H6.CH3F.CH4O.ClH/c1-18-12-24(21-4-3-5-21)25(28-31-26-10-11-33(2)17-27(26)32-28)13-23(18)29(35)34-15-22(16-34)20-8-6-19(14-30)7-9-20;1-12-9-15(13-5-4-6-13)16(10-14(12)20(24)25-3)19-21-17-7-8-23(2)11-18(17)22-19;11-5-8-1-3-9(4-2-8)10-6-12-7-10;3*1-2;/h6-9,12-13,21-22H,3-5,10-11,15-17H2,1-2H3,(H,31,32);9-10,13H,4-8,11H2,1-3H3,(H,21,22);1-4,10,12H,6-7H2;1-2H3;1H3;2H,1H3;1H/i;;;;1D;;. The number of hydrogen-bond acceptors (Lipinski definition) is 11. The van der Waals surface area contributed by atoms with E-state index < -0.39 is 7.15 Å². The van der Waals surface area contributed by atoms with Gasteiger partial charge in [0.05, 0.1) is 67.2 Å². The Bertz CT molecular complexity index is 3100. The van der Waals surface area contributed by atoms with Crippen LogP contribution in [0.15, 0.2) is 72.8 Å². The Morgan fingerprint density at radius 1 is 0.696 bits per heavy atom. The van der Waals surface area contributed by atoms with Gasteiger partial charge in [0.25, 0.3) is 5.91 Å². The molecule has 0 bridgehead atoms. The zero-order valence-electron chi connectivity index (χ0n) is 48.3. The number of aryl methyl sites for hydroxylation is 2. The lowest BCUT2D eigenvalue weighted by Crippen LogP contribution is -2.48. The van der Waals surface area contributed by atoms with Gasteiger partial charge < -0.3 is 39.8 Å². The topological polar surface area (TPSA) is 190 Å². The van der Waals surface area contributed by atoms with E-state index in [9.17, 15) is 14.0 Å². The summed E-state index contributed by atoms with van der Waals surface area (Å²) >= 11 is 0. The first-order valence-electron chi connectivity index (χ1n) is 28.3. The van der Waals surface area contributed by atoms with Crippen LogP contribution in [0, 0.1) is 36.5 Å². The summed E-state index contributed by atoms with van der Waals surface area (Å²) in [4.78, 5) is 49.3. The molecule has 6 aliphatic rings. The molecule has 14 nitrogen and oxygen atoms in total. The molecule has 79 heavy (non-hydrogen) atoms. The molecule has 0 spiro atoms. The molecule has 4 N–H and O–H groups in total. The van der Waals surface area contributed by atoms with Gasteiger partial charge in [-0.05, 0) is 135 Å². The normalized spacial score (nSPS) is 16.8. The van der Waals surface area contributed by atoms with Crippen LogP contribution in [0.4, 0.5) is 4.39 Å². The average Bonchev–Trinajstić information content (AvgIpc) is 4.03. The number of fused-ring (bicyclic) bond motifs is 2. The van der Waals surface area contributed by atoms with Gasteiger partial charge in [0.15, 0.2) is 0 Å². The van der Waals surface area contributed by atoms with Gasteiger partial charge in [0, 0.05) is 101 Å². The van der Waals surface area contributed by atoms with Crippen LogP contribution in [-0.4, -0.2) is 126 Å². The molecular formula is C63H80ClFN10O4. The Morgan fingerprint density at radius 3 is 1.49 bits per heavy atom. The van der Waals surface area contributed by atoms with Crippen molar-refractivity contribution in [3.63, 3.8) is 0 Å². The number of likely N-dealkylation sites (tertiary alicyclic amines) is 1. The number of carbonyl (C=O) groups is 2. The maximum Gasteiger partial charge on any atom is 0.338 e. The van der Waals surface area contributed by atoms with Crippen LogP contribution in [-0.2, 0) is 30.7 Å². The molecule has 16 heteroatoms. The highest BCUT2D eigenvalue weighted by molar-refractivity contribution is 5.98. The smallest absolute Gasteiger partial charge is 0.338 e. The molecular weight excluding hydrogens is 1020 g/mol. The van der Waals surface area contributed by atoms with Gasteiger partial charge in [-0.3, -0.25) is 9.18 Å². The number of hydrogen-bond donors (Lipinski definition) is 4. The second kappa shape index (κ2) is 28.9. The minimum Gasteiger partial charge on any atom is -0.465 e. The van der Waals surface area contributed by atoms with Gasteiger partial charge >= 0.3 is 5.97 Å². The highest BCUT2D eigenvalue weighted by Crippen LogP contribution is 2.44. The molecule has 2 aliphatic carbocycles. The van der Waals surface area contributed by atoms with Crippen LogP contribution in [0.1, 0.15) is 165 Å². The molecule has 420 valence electrons. The summed E-state index contributed by atoms with van der Waals surface area (Å²) in [5.74, 6) is 3.76. The summed E-state index contributed by atoms with van der Waals surface area (Å²) < 4.78 is 20.5. The number of aromatic nitrogens is 4. The van der Waals surface area contributed by atoms with Crippen molar-refractivity contribution < 1.29 is 25.2 Å². The van der Waals surface area contributed by atoms with Crippen molar-refractivity contribution in [2.45, 2.75) is 116 Å². The number of likely N-dealkylation sites (N-methyl/N-ethyl adjacent to an activating group) is 2. The zero-order valence-corrected chi connectivity index (χ0v) is 48.2. The van der Waals surface area contributed by atoms with Gasteiger partial charge in [0.1, 0.15) is 11.6 Å². The summed E-state index contributed by atoms with van der Waals surface area (Å²) in [5.41, 5.74) is 16.9. The number of H-pyrrole nitrogens is 2. The lowest BCUT2D eigenvalue weighted by Gasteiger charge is -2.40. The maximum atomic E-state index is 13.6. The number of methoxy groups -OCH3 is 1. The minimum atomic E-state index is -1.00. The van der Waals surface area contributed by atoms with E-state index in [4.69, 9.17) is 31.7 Å². The number of halogens is 2. The van der Waals surface area contributed by atoms with E-state index in [1.165, 1.54) is 85.0 Å². The fourth-order valence-electron chi connectivity index (χ4n) is 10.9. The number of aromatic amines is 2. The third-order valence-electron chi connectivity index (χ3n) is 16.0. The number of ether oxygens (including phenoxy) is 1. The monoisotopic (exact) mass is 1100 g/mol. The molecule has 6 heterocycles. The predicted octanol–water partition coefficient (Wildman–Crippen LogP) is 11.1. The van der Waals surface area contributed by atoms with Crippen LogP contribution in [0.5, 0.6) is 0 Å². The second-order valence-corrected chi connectivity index (χ2v) is 21.0. The number of aliphatic hydroxyl groups is 1. The Labute approximate surface area is 474 Å². The van der Waals surface area contributed by atoms with Gasteiger partial charge in [0.2, 0.25) is 0 Å². The molecule has 4 fully saturated rings. The number of alkyl halides is 1. The van der Waals surface area contributed by atoms with Crippen LogP contribution in [0.3, 0.4) is 0 Å². The molecule has 2 aromatic heterocycles. The van der Waals surface area contributed by atoms with Crippen LogP contribution in [0.2, 0.25) is 0 Å². The number of benzene rings is 4. The van der Waals surface area contributed by atoms with Crippen molar-refractivity contribution in [3.05, 3.63) is 151 Å². The molecule has 0 atom stereocenters. The highest BCUT2D eigenvalue weighted by Gasteiger charge is 2.35. The van der Waals surface area contributed by atoms with Crippen molar-refractivity contribution in [1.82, 2.24) is 40.0 Å². The number of esters is 1. The van der Waals surface area contributed by atoms with E-state index in [1.807, 2.05) is 80.3 Å². The number of nitrogens with one attached hydrogen (secondary N) is 3. The molecule has 4 aromatic carbocycles. The van der Waals surface area contributed by atoms with Crippen LogP contribution >= 0.6 is 12.4 Å². The molecule has 2 saturated carbocycles. The second-order valence-electron chi connectivity index (χ2n) is 21.0. The highest BCUT2D eigenvalue weighted by atomic mass is 35.5. The molecule has 6 aromatic rings. The summed E-state index contributed by atoms with van der Waals surface area (Å²) in [6, 6.07) is 28.4. The van der Waals surface area contributed by atoms with Crippen LogP contribution < -0.4 is 5.32 Å². The molecule has 4 aliphatic heterocycles. The van der Waals surface area contributed by atoms with E-state index in [0.29, 0.717) is 47.9 Å². The quantitative estimate of drug-likeness (QED) is 0.106. The van der Waals surface area contributed by atoms with Crippen molar-refractivity contribution in [3.8, 4) is 34.9 Å². The Morgan fingerprint density at radius 2 is 1.11 bits per heavy atom. The van der Waals surface area contributed by atoms with E-state index in [0.717, 1.165) is 110 Å². The first kappa shape index (κ1) is 59.9. The van der Waals surface area contributed by atoms with Crippen molar-refractivity contribution in [2.24, 2.45) is 0 Å². The van der Waals surface area contributed by atoms with Gasteiger partial charge in [-0.15, -0.1) is 12.4 Å². The first-order chi connectivity index (χ1) is 38.4. The minimum absolute atomic E-state index is 0. The number of rotatable bonds is 8. The number of imidazole rings is 2. The van der Waals surface area contributed by atoms with E-state index >= 15 is 0 Å². The Kier molecular flexibility index (Phi) is 22.0. The molecule has 12 rings (SSSR count). The maximum absolute atomic E-state index is 13.6. The molecule has 2 saturated heterocycles. The molecule has 0 radical (unpaired) electrons. The fraction of sp³-hybridized carbons (Fsp3) is 0.460. The van der Waals surface area contributed by atoms with E-state index in [1.54, 1.807) is 0 Å². The molecule has 1 amide bonds. The van der Waals surface area contributed by atoms with Gasteiger partial charge in [-0.1, -0.05) is 63.1 Å². The largest absolute Gasteiger partial charge is 0.465 e. The summed E-state index contributed by atoms with van der Waals surface area (Å²) in [7, 11) is 5.71. The Balaban J connectivity index is 0.000000199. The number of nitrogens with zero attached hydrogens (tertiary/aromatic N) is 7. The van der Waals surface area contributed by atoms with Gasteiger partial charge in [-0.25, -0.2) is 14.8 Å². The lowest BCUT2D eigenvalue weighted by atomic mass is 9.77. The Hall–Kier alpha value is -6.72. The van der Waals surface area contributed by atoms with E-state index in [-0.39, 0.29) is 24.3 Å². The average molecular weight is 1100 g/mol. The van der Waals surface area contributed by atoms with Crippen molar-refractivity contribution in [2.75, 3.05) is 74.7 Å². The third kappa shape index (κ3) is 14.2. The van der Waals surface area contributed by atoms with E-state index in [2.05, 4.69) is 76.4 Å². The lowest BCUT2D eigenvalue weighted by molar-refractivity contribution is 0.0593. The number of aliphatic hydroxyl groups excluding tert-OH is 1. The van der Waals surface area contributed by atoms with Crippen molar-refractivity contribution in [1.29, 1.82) is 10.5 Å². The number of amides is 1. The summed E-state index contributed by atoms with van der Waals surface area (Å²) in [5, 5.41) is 27.8. The summed E-state index contributed by atoms with van der Waals surface area (Å²) in [6.07, 6.45) is 9.33. The third-order valence-corrected chi connectivity index (χ3v) is 16.0. The van der Waals surface area contributed by atoms with Crippen molar-refractivity contribution >= 4 is 24.3 Å². The predicted molar refractivity (Wildman–Crippen MR) is 312 cm³/mol. The number of nitriles is 2. The van der Waals surface area contributed by atoms with Crippen LogP contribution in [0.25, 0.3) is 22.8 Å². The molecule has 0 unspecified atom stereocenters. The van der Waals surface area contributed by atoms with Gasteiger partial charge in [-0.2, -0.15) is 10.5 Å². The first-order valence-corrected chi connectivity index (χ1v) is 27.6. The zero-order chi connectivity index (χ0) is 56.8. The summed E-state index contributed by atoms with van der Waals surface area (Å²) in [6.45, 7) is 15.5. The number of carbonyl (C=O) groups excluding carboxylic acids is 2. The SMILES string of the molecule is CC.CO.COC(=O)c1cc(-c2nc3c([nH]2)CN(C)CC3)c(C2CCC2)cc1C.Cc1cc(C2CCC2)c(-c2nc3c([nH]2)CN(C)CC3)cc1C(=O)N1CC(c2ccc(C#N)cc2)C1.Cl.N#Cc1ccc(C2CNC2)cc1.[2H]CF. The fourth-order valence-corrected chi connectivity index (χ4v) is 10.9.